The van der Waals surface area contributed by atoms with Crippen LogP contribution in [0.2, 0.25) is 0 Å². The van der Waals surface area contributed by atoms with E-state index in [0.717, 1.165) is 32.2 Å². The molecule has 2 rings (SSSR count). The van der Waals surface area contributed by atoms with Gasteiger partial charge in [0, 0.05) is 24.5 Å². The van der Waals surface area contributed by atoms with Gasteiger partial charge in [-0.15, -0.1) is 0 Å². The summed E-state index contributed by atoms with van der Waals surface area (Å²) in [5, 5.41) is 0. The van der Waals surface area contributed by atoms with Gasteiger partial charge in [-0.3, -0.25) is 4.79 Å². The van der Waals surface area contributed by atoms with Crippen LogP contribution in [0.25, 0.3) is 0 Å². The van der Waals surface area contributed by atoms with Crippen molar-refractivity contribution in [2.24, 2.45) is 11.7 Å². The molecular formula is C14H26N2O. The lowest BCUT2D eigenvalue weighted by Gasteiger charge is -2.40. The van der Waals surface area contributed by atoms with E-state index >= 15 is 0 Å². The molecule has 0 radical (unpaired) electrons. The Kier molecular flexibility index (Phi) is 4.43. The molecule has 0 aromatic rings. The van der Waals surface area contributed by atoms with Crippen LogP contribution in [0.3, 0.4) is 0 Å². The van der Waals surface area contributed by atoms with Gasteiger partial charge in [0.2, 0.25) is 5.91 Å². The normalized spacial score (nSPS) is 29.1. The van der Waals surface area contributed by atoms with Gasteiger partial charge >= 0.3 is 0 Å². The number of rotatable bonds is 2. The molecular weight excluding hydrogens is 212 g/mol. The molecule has 1 aliphatic heterocycles. The first-order valence-electron chi connectivity index (χ1n) is 7.26. The Hall–Kier alpha value is -0.570. The molecule has 2 atom stereocenters. The summed E-state index contributed by atoms with van der Waals surface area (Å²) < 4.78 is 0. The maximum atomic E-state index is 12.5. The molecule has 2 aliphatic rings. The van der Waals surface area contributed by atoms with Crippen LogP contribution >= 0.6 is 0 Å². The second kappa shape index (κ2) is 5.85. The summed E-state index contributed by atoms with van der Waals surface area (Å²) in [7, 11) is 0. The minimum atomic E-state index is 0.114. The molecule has 0 bridgehead atoms. The van der Waals surface area contributed by atoms with E-state index in [1.807, 2.05) is 6.92 Å². The second-order valence-electron chi connectivity index (χ2n) is 5.79. The molecule has 3 heteroatoms. The van der Waals surface area contributed by atoms with Crippen molar-refractivity contribution in [3.63, 3.8) is 0 Å². The number of nitrogens with zero attached hydrogens (tertiary/aromatic N) is 1. The van der Waals surface area contributed by atoms with Gasteiger partial charge in [0.05, 0.1) is 0 Å². The van der Waals surface area contributed by atoms with Gasteiger partial charge in [-0.2, -0.15) is 0 Å². The first kappa shape index (κ1) is 12.9. The van der Waals surface area contributed by atoms with Crippen LogP contribution in [0, 0.1) is 5.92 Å². The molecule has 0 aromatic heterocycles. The third kappa shape index (κ3) is 3.01. The largest absolute Gasteiger partial charge is 0.338 e. The predicted octanol–water partition coefficient (Wildman–Crippen LogP) is 2.29. The van der Waals surface area contributed by atoms with Crippen molar-refractivity contribution in [1.82, 2.24) is 4.90 Å². The molecule has 0 aromatic carbocycles. The van der Waals surface area contributed by atoms with E-state index in [1.54, 1.807) is 0 Å². The van der Waals surface area contributed by atoms with E-state index in [9.17, 15) is 4.79 Å². The van der Waals surface area contributed by atoms with Crippen molar-refractivity contribution < 1.29 is 4.79 Å². The SMILES string of the molecule is CC(N)C1CCCCN1C(=O)C1CCCCC1. The Labute approximate surface area is 105 Å². The van der Waals surface area contributed by atoms with E-state index in [1.165, 1.54) is 25.7 Å². The summed E-state index contributed by atoms with van der Waals surface area (Å²) in [6, 6.07) is 0.404. The van der Waals surface area contributed by atoms with Gasteiger partial charge in [0.15, 0.2) is 0 Å². The average Bonchev–Trinajstić information content (AvgIpc) is 2.39. The summed E-state index contributed by atoms with van der Waals surface area (Å²) in [6.45, 7) is 2.97. The molecule has 0 spiro atoms. The topological polar surface area (TPSA) is 46.3 Å². The molecule has 1 saturated heterocycles. The van der Waals surface area contributed by atoms with Gasteiger partial charge in [-0.1, -0.05) is 19.3 Å². The molecule has 1 saturated carbocycles. The zero-order valence-corrected chi connectivity index (χ0v) is 11.0. The van der Waals surface area contributed by atoms with Gasteiger partial charge < -0.3 is 10.6 Å². The second-order valence-corrected chi connectivity index (χ2v) is 5.79. The quantitative estimate of drug-likeness (QED) is 0.802. The lowest BCUT2D eigenvalue weighted by molar-refractivity contribution is -0.140. The van der Waals surface area contributed by atoms with E-state index in [-0.39, 0.29) is 12.1 Å². The highest BCUT2D eigenvalue weighted by atomic mass is 16.2. The van der Waals surface area contributed by atoms with E-state index in [2.05, 4.69) is 4.90 Å². The van der Waals surface area contributed by atoms with Crippen LogP contribution < -0.4 is 5.73 Å². The Balaban J connectivity index is 1.99. The average molecular weight is 238 g/mol. The lowest BCUT2D eigenvalue weighted by atomic mass is 9.86. The molecule has 2 N–H and O–H groups in total. The molecule has 17 heavy (non-hydrogen) atoms. The number of amides is 1. The van der Waals surface area contributed by atoms with E-state index in [0.29, 0.717) is 11.8 Å². The highest BCUT2D eigenvalue weighted by Crippen LogP contribution is 2.28. The van der Waals surface area contributed by atoms with Gasteiger partial charge in [-0.05, 0) is 39.0 Å². The highest BCUT2D eigenvalue weighted by molar-refractivity contribution is 5.79. The fraction of sp³-hybridized carbons (Fsp3) is 0.929. The number of nitrogens with two attached hydrogens (primary N) is 1. The molecule has 2 unspecified atom stereocenters. The van der Waals surface area contributed by atoms with Gasteiger partial charge in [0.25, 0.3) is 0 Å². The van der Waals surface area contributed by atoms with E-state index in [4.69, 9.17) is 5.73 Å². The summed E-state index contributed by atoms with van der Waals surface area (Å²) in [5.74, 6) is 0.690. The first-order valence-corrected chi connectivity index (χ1v) is 7.26. The van der Waals surface area contributed by atoms with Crippen LogP contribution in [-0.4, -0.2) is 29.4 Å². The number of carbonyl (C=O) groups excluding carboxylic acids is 1. The zero-order valence-electron chi connectivity index (χ0n) is 11.0. The van der Waals surface area contributed by atoms with E-state index < -0.39 is 0 Å². The van der Waals surface area contributed by atoms with Crippen LogP contribution in [0.1, 0.15) is 58.3 Å². The van der Waals surface area contributed by atoms with Crippen molar-refractivity contribution in [2.75, 3.05) is 6.54 Å². The monoisotopic (exact) mass is 238 g/mol. The zero-order chi connectivity index (χ0) is 12.3. The fourth-order valence-electron chi connectivity index (χ4n) is 3.36. The van der Waals surface area contributed by atoms with Crippen molar-refractivity contribution in [3.05, 3.63) is 0 Å². The van der Waals surface area contributed by atoms with Crippen molar-refractivity contribution in [3.8, 4) is 0 Å². The Morgan fingerprint density at radius 2 is 1.76 bits per heavy atom. The molecule has 1 heterocycles. The van der Waals surface area contributed by atoms with Crippen molar-refractivity contribution in [2.45, 2.75) is 70.4 Å². The van der Waals surface area contributed by atoms with Crippen LogP contribution in [-0.2, 0) is 4.79 Å². The maximum Gasteiger partial charge on any atom is 0.225 e. The lowest BCUT2D eigenvalue weighted by Crippen LogP contribution is -2.53. The molecule has 98 valence electrons. The van der Waals surface area contributed by atoms with Crippen LogP contribution in [0.5, 0.6) is 0 Å². The molecule has 3 nitrogen and oxygen atoms in total. The summed E-state index contributed by atoms with van der Waals surface area (Å²) in [5.41, 5.74) is 6.03. The first-order chi connectivity index (χ1) is 8.20. The standard InChI is InChI=1S/C14H26N2O/c1-11(15)13-9-5-6-10-16(13)14(17)12-7-3-2-4-8-12/h11-13H,2-10,15H2,1H3. The number of likely N-dealkylation sites (tertiary alicyclic amines) is 1. The van der Waals surface area contributed by atoms with Crippen LogP contribution in [0.15, 0.2) is 0 Å². The van der Waals surface area contributed by atoms with Gasteiger partial charge in [0.1, 0.15) is 0 Å². The van der Waals surface area contributed by atoms with Gasteiger partial charge in [-0.25, -0.2) is 0 Å². The molecule has 1 amide bonds. The van der Waals surface area contributed by atoms with Crippen molar-refractivity contribution in [1.29, 1.82) is 0 Å². The third-order valence-corrected chi connectivity index (χ3v) is 4.39. The third-order valence-electron chi connectivity index (χ3n) is 4.39. The number of piperidine rings is 1. The molecule has 1 aliphatic carbocycles. The summed E-state index contributed by atoms with van der Waals surface area (Å²) in [6.07, 6.45) is 9.43. The Morgan fingerprint density at radius 1 is 1.12 bits per heavy atom. The fourth-order valence-corrected chi connectivity index (χ4v) is 3.36. The molecule has 2 fully saturated rings. The highest BCUT2D eigenvalue weighted by Gasteiger charge is 2.33. The van der Waals surface area contributed by atoms with Crippen molar-refractivity contribution >= 4 is 5.91 Å². The smallest absolute Gasteiger partial charge is 0.225 e. The summed E-state index contributed by atoms with van der Waals surface area (Å²) >= 11 is 0. The maximum absolute atomic E-state index is 12.5. The Morgan fingerprint density at radius 3 is 2.41 bits per heavy atom. The Bertz CT molecular complexity index is 259. The summed E-state index contributed by atoms with van der Waals surface area (Å²) in [4.78, 5) is 14.6. The minimum Gasteiger partial charge on any atom is -0.338 e. The number of hydrogen-bond donors (Lipinski definition) is 1. The van der Waals surface area contributed by atoms with Crippen LogP contribution in [0.4, 0.5) is 0 Å². The number of carbonyl (C=O) groups is 1. The minimum absolute atomic E-state index is 0.114. The predicted molar refractivity (Wildman–Crippen MR) is 69.6 cm³/mol. The number of hydrogen-bond acceptors (Lipinski definition) is 2.